The number of phenolic OH excluding ortho intramolecular Hbond substituents is 1. The van der Waals surface area contributed by atoms with Gasteiger partial charge in [0, 0.05) is 23.6 Å². The summed E-state index contributed by atoms with van der Waals surface area (Å²) in [5.41, 5.74) is 2.06. The lowest BCUT2D eigenvalue weighted by Crippen LogP contribution is -2.00. The van der Waals surface area contributed by atoms with Crippen molar-refractivity contribution in [1.29, 1.82) is 0 Å². The van der Waals surface area contributed by atoms with Crippen LogP contribution in [0.25, 0.3) is 0 Å². The second kappa shape index (κ2) is 3.02. The highest BCUT2D eigenvalue weighted by molar-refractivity contribution is 5.57. The third-order valence-corrected chi connectivity index (χ3v) is 2.45. The molecule has 0 spiro atoms. The fourth-order valence-electron chi connectivity index (χ4n) is 1.71. The van der Waals surface area contributed by atoms with Crippen LogP contribution < -0.4 is 4.74 Å². The van der Waals surface area contributed by atoms with E-state index in [2.05, 4.69) is 0 Å². The maximum Gasteiger partial charge on any atom is 0.134 e. The van der Waals surface area contributed by atoms with E-state index in [1.807, 2.05) is 36.8 Å². The summed E-state index contributed by atoms with van der Waals surface area (Å²) >= 11 is 0. The van der Waals surface area contributed by atoms with E-state index in [0.717, 1.165) is 16.9 Å². The zero-order valence-corrected chi connectivity index (χ0v) is 7.97. The molecule has 1 N–H and O–H groups in total. The first-order chi connectivity index (χ1) is 7.33. The Morgan fingerprint density at radius 1 is 0.867 bits per heavy atom. The first-order valence-corrected chi connectivity index (χ1v) is 4.77. The minimum atomic E-state index is 0.224. The van der Waals surface area contributed by atoms with Crippen molar-refractivity contribution < 1.29 is 9.84 Å². The van der Waals surface area contributed by atoms with Crippen molar-refractivity contribution in [3.05, 3.63) is 60.0 Å². The minimum absolute atomic E-state index is 0.224. The lowest BCUT2D eigenvalue weighted by Gasteiger charge is -2.19. The highest BCUT2D eigenvalue weighted by Gasteiger charge is 2.16. The van der Waals surface area contributed by atoms with E-state index < -0.39 is 0 Å². The van der Waals surface area contributed by atoms with E-state index in [9.17, 15) is 5.11 Å². The smallest absolute Gasteiger partial charge is 0.134 e. The molecule has 2 aromatic rings. The van der Waals surface area contributed by atoms with Crippen molar-refractivity contribution in [2.75, 3.05) is 0 Å². The Kier molecular flexibility index (Phi) is 1.68. The molecule has 1 aliphatic heterocycles. The Hall–Kier alpha value is -1.96. The van der Waals surface area contributed by atoms with Gasteiger partial charge in [0.05, 0.1) is 0 Å². The number of ether oxygens (including phenoxy) is 1. The average molecular weight is 197 g/mol. The molecule has 2 aromatic carbocycles. The van der Waals surface area contributed by atoms with Crippen LogP contribution in [0.15, 0.2) is 42.5 Å². The lowest BCUT2D eigenvalue weighted by molar-refractivity contribution is 0.448. The lowest BCUT2D eigenvalue weighted by atomic mass is 10.0. The van der Waals surface area contributed by atoms with Crippen LogP contribution in [0.2, 0.25) is 0 Å². The first-order valence-electron chi connectivity index (χ1n) is 4.77. The summed E-state index contributed by atoms with van der Waals surface area (Å²) in [4.78, 5) is 0. The molecule has 0 atom stereocenters. The monoisotopic (exact) mass is 197 g/mol. The van der Waals surface area contributed by atoms with Gasteiger partial charge >= 0.3 is 0 Å². The highest BCUT2D eigenvalue weighted by Crippen LogP contribution is 2.38. The van der Waals surface area contributed by atoms with Crippen molar-refractivity contribution >= 4 is 0 Å². The number of phenols is 1. The normalized spacial score (nSPS) is 12.5. The Morgan fingerprint density at radius 2 is 1.67 bits per heavy atom. The molecule has 1 radical (unpaired) electrons. The summed E-state index contributed by atoms with van der Waals surface area (Å²) in [5, 5.41) is 9.34. The topological polar surface area (TPSA) is 29.5 Å². The van der Waals surface area contributed by atoms with Gasteiger partial charge in [-0.3, -0.25) is 0 Å². The fraction of sp³-hybridized carbons (Fsp3) is 0. The molecule has 15 heavy (non-hydrogen) atoms. The summed E-state index contributed by atoms with van der Waals surface area (Å²) in [6, 6.07) is 13.0. The van der Waals surface area contributed by atoms with Gasteiger partial charge in [-0.05, 0) is 12.1 Å². The predicted octanol–water partition coefficient (Wildman–Crippen LogP) is 3.10. The minimum Gasteiger partial charge on any atom is -0.508 e. The first kappa shape index (κ1) is 8.36. The maximum atomic E-state index is 9.34. The molecule has 0 fully saturated rings. The Morgan fingerprint density at radius 3 is 2.60 bits per heavy atom. The SMILES string of the molecule is Oc1ccc2c(c1)Oc1ccccc1[CH]2. The van der Waals surface area contributed by atoms with Crippen LogP contribution in [0, 0.1) is 6.42 Å². The second-order valence-corrected chi connectivity index (χ2v) is 3.51. The van der Waals surface area contributed by atoms with Gasteiger partial charge in [-0.25, -0.2) is 0 Å². The molecule has 0 saturated heterocycles. The van der Waals surface area contributed by atoms with Gasteiger partial charge in [0.25, 0.3) is 0 Å². The van der Waals surface area contributed by atoms with Crippen LogP contribution in [0.1, 0.15) is 11.1 Å². The quantitative estimate of drug-likeness (QED) is 0.600. The van der Waals surface area contributed by atoms with Crippen molar-refractivity contribution in [3.63, 3.8) is 0 Å². The van der Waals surface area contributed by atoms with E-state index in [1.165, 1.54) is 0 Å². The van der Waals surface area contributed by atoms with Crippen molar-refractivity contribution in [3.8, 4) is 17.2 Å². The van der Waals surface area contributed by atoms with E-state index in [0.29, 0.717) is 5.75 Å². The van der Waals surface area contributed by atoms with Gasteiger partial charge in [-0.1, -0.05) is 24.3 Å². The molecule has 1 aliphatic rings. The van der Waals surface area contributed by atoms with Gasteiger partial charge in [-0.15, -0.1) is 0 Å². The molecule has 0 bridgehead atoms. The number of rotatable bonds is 0. The molecule has 0 saturated carbocycles. The van der Waals surface area contributed by atoms with Crippen LogP contribution in [0.4, 0.5) is 0 Å². The molecular formula is C13H9O2. The zero-order valence-electron chi connectivity index (χ0n) is 7.97. The van der Waals surface area contributed by atoms with Crippen LogP contribution in [-0.4, -0.2) is 5.11 Å². The van der Waals surface area contributed by atoms with Crippen molar-refractivity contribution in [2.24, 2.45) is 0 Å². The van der Waals surface area contributed by atoms with Crippen molar-refractivity contribution in [1.82, 2.24) is 0 Å². The third kappa shape index (κ3) is 1.34. The van der Waals surface area contributed by atoms with E-state index in [-0.39, 0.29) is 5.75 Å². The van der Waals surface area contributed by atoms with Crippen LogP contribution in [0.5, 0.6) is 17.2 Å². The zero-order chi connectivity index (χ0) is 10.3. The standard InChI is InChI=1S/C13H9O2/c14-11-6-5-10-7-9-3-1-2-4-12(9)15-13(10)8-11/h1-8,14H. The summed E-state index contributed by atoms with van der Waals surface area (Å²) in [6.45, 7) is 0. The van der Waals surface area contributed by atoms with Crippen LogP contribution in [-0.2, 0) is 0 Å². The highest BCUT2D eigenvalue weighted by atomic mass is 16.5. The molecule has 0 unspecified atom stereocenters. The molecule has 0 amide bonds. The molecule has 2 nitrogen and oxygen atoms in total. The molecule has 0 aromatic heterocycles. The van der Waals surface area contributed by atoms with Gasteiger partial charge < -0.3 is 9.84 Å². The van der Waals surface area contributed by atoms with Crippen molar-refractivity contribution in [2.45, 2.75) is 0 Å². The number of fused-ring (bicyclic) bond motifs is 2. The molecule has 1 heterocycles. The maximum absolute atomic E-state index is 9.34. The summed E-state index contributed by atoms with van der Waals surface area (Å²) in [7, 11) is 0. The van der Waals surface area contributed by atoms with E-state index in [4.69, 9.17) is 4.74 Å². The molecule has 2 heteroatoms. The molecule has 3 rings (SSSR count). The van der Waals surface area contributed by atoms with E-state index >= 15 is 0 Å². The van der Waals surface area contributed by atoms with Crippen LogP contribution in [0.3, 0.4) is 0 Å². The van der Waals surface area contributed by atoms with Gasteiger partial charge in [0.2, 0.25) is 0 Å². The van der Waals surface area contributed by atoms with Gasteiger partial charge in [0.1, 0.15) is 17.2 Å². The Balaban J connectivity index is 2.11. The molecular weight excluding hydrogens is 188 g/mol. The Bertz CT molecular complexity index is 518. The third-order valence-electron chi connectivity index (χ3n) is 2.45. The Labute approximate surface area is 87.8 Å². The van der Waals surface area contributed by atoms with Gasteiger partial charge in [-0.2, -0.15) is 0 Å². The predicted molar refractivity (Wildman–Crippen MR) is 57.1 cm³/mol. The fourth-order valence-corrected chi connectivity index (χ4v) is 1.71. The molecule has 0 aliphatic carbocycles. The average Bonchev–Trinajstić information content (AvgIpc) is 2.26. The summed E-state index contributed by atoms with van der Waals surface area (Å²) < 4.78 is 5.67. The number of benzene rings is 2. The van der Waals surface area contributed by atoms with Gasteiger partial charge in [0.15, 0.2) is 0 Å². The molecule has 73 valence electrons. The summed E-state index contributed by atoms with van der Waals surface area (Å²) in [6.07, 6.45) is 2.05. The largest absolute Gasteiger partial charge is 0.508 e. The number of hydrogen-bond donors (Lipinski definition) is 1. The van der Waals surface area contributed by atoms with E-state index in [1.54, 1.807) is 12.1 Å². The summed E-state index contributed by atoms with van der Waals surface area (Å²) in [5.74, 6) is 1.76. The second-order valence-electron chi connectivity index (χ2n) is 3.51. The number of aromatic hydroxyl groups is 1. The number of hydrogen-bond acceptors (Lipinski definition) is 2. The van der Waals surface area contributed by atoms with Crippen LogP contribution >= 0.6 is 0 Å². The number of para-hydroxylation sites is 1.